The monoisotopic (exact) mass is 204 g/mol. The first-order chi connectivity index (χ1) is 6.26. The lowest BCUT2D eigenvalue weighted by Crippen LogP contribution is -2.43. The highest BCUT2D eigenvalue weighted by atomic mass is 28.4. The standard InChI is InChI=1S/C9H20O3Si/c1-10-13(11-2,12-3)8-7-9-5-4-6-9/h9H,4-8H2,1-3H3. The summed E-state index contributed by atoms with van der Waals surface area (Å²) in [5, 5.41) is 0. The minimum atomic E-state index is -2.26. The summed E-state index contributed by atoms with van der Waals surface area (Å²) < 4.78 is 16.0. The largest absolute Gasteiger partial charge is 0.500 e. The fourth-order valence-corrected chi connectivity index (χ4v) is 3.59. The Balaban J connectivity index is 2.27. The highest BCUT2D eigenvalue weighted by molar-refractivity contribution is 6.60. The van der Waals surface area contributed by atoms with Crippen molar-refractivity contribution in [3.05, 3.63) is 0 Å². The second-order valence-corrected chi connectivity index (χ2v) is 6.72. The smallest absolute Gasteiger partial charge is 0.377 e. The quantitative estimate of drug-likeness (QED) is 0.620. The van der Waals surface area contributed by atoms with Gasteiger partial charge in [0.25, 0.3) is 0 Å². The molecule has 0 bridgehead atoms. The van der Waals surface area contributed by atoms with Crippen LogP contribution in [-0.2, 0) is 13.3 Å². The Morgan fingerprint density at radius 1 is 1.08 bits per heavy atom. The van der Waals surface area contributed by atoms with Crippen LogP contribution in [0.2, 0.25) is 6.04 Å². The van der Waals surface area contributed by atoms with Gasteiger partial charge in [-0.1, -0.05) is 19.3 Å². The third-order valence-electron chi connectivity index (χ3n) is 3.02. The fourth-order valence-electron chi connectivity index (χ4n) is 1.72. The van der Waals surface area contributed by atoms with E-state index >= 15 is 0 Å². The van der Waals surface area contributed by atoms with Gasteiger partial charge in [-0.3, -0.25) is 0 Å². The zero-order valence-corrected chi connectivity index (χ0v) is 9.84. The van der Waals surface area contributed by atoms with Gasteiger partial charge in [0.05, 0.1) is 0 Å². The van der Waals surface area contributed by atoms with E-state index in [4.69, 9.17) is 13.3 Å². The lowest BCUT2D eigenvalue weighted by atomic mass is 9.84. The van der Waals surface area contributed by atoms with E-state index in [1.165, 1.54) is 25.7 Å². The maximum Gasteiger partial charge on any atom is 0.500 e. The summed E-state index contributed by atoms with van der Waals surface area (Å²) in [6.07, 6.45) is 5.34. The van der Waals surface area contributed by atoms with Crippen LogP contribution in [0.1, 0.15) is 25.7 Å². The summed E-state index contributed by atoms with van der Waals surface area (Å²) in [5.74, 6) is 0.896. The van der Waals surface area contributed by atoms with Gasteiger partial charge in [0, 0.05) is 27.4 Å². The predicted molar refractivity (Wildman–Crippen MR) is 53.5 cm³/mol. The Kier molecular flexibility index (Phi) is 4.38. The molecule has 1 rings (SSSR count). The van der Waals surface area contributed by atoms with Gasteiger partial charge in [-0.25, -0.2) is 0 Å². The summed E-state index contributed by atoms with van der Waals surface area (Å²) in [6, 6.07) is 0.959. The van der Waals surface area contributed by atoms with Crippen LogP contribution in [0, 0.1) is 5.92 Å². The van der Waals surface area contributed by atoms with Crippen LogP contribution in [0.25, 0.3) is 0 Å². The lowest BCUT2D eigenvalue weighted by molar-refractivity contribution is 0.119. The Bertz CT molecular complexity index is 136. The summed E-state index contributed by atoms with van der Waals surface area (Å²) in [7, 11) is 2.78. The molecule has 1 fully saturated rings. The molecule has 0 N–H and O–H groups in total. The fraction of sp³-hybridized carbons (Fsp3) is 1.00. The minimum Gasteiger partial charge on any atom is -0.377 e. The molecule has 4 heteroatoms. The second kappa shape index (κ2) is 5.10. The number of rotatable bonds is 6. The van der Waals surface area contributed by atoms with Crippen LogP contribution in [0.4, 0.5) is 0 Å². The molecule has 0 aromatic heterocycles. The van der Waals surface area contributed by atoms with Crippen LogP contribution in [0.3, 0.4) is 0 Å². The molecular formula is C9H20O3Si. The van der Waals surface area contributed by atoms with E-state index < -0.39 is 8.80 Å². The van der Waals surface area contributed by atoms with E-state index in [1.54, 1.807) is 21.3 Å². The van der Waals surface area contributed by atoms with Gasteiger partial charge < -0.3 is 13.3 Å². The van der Waals surface area contributed by atoms with Gasteiger partial charge in [0.15, 0.2) is 0 Å². The molecule has 0 amide bonds. The van der Waals surface area contributed by atoms with Gasteiger partial charge in [0.2, 0.25) is 0 Å². The van der Waals surface area contributed by atoms with E-state index in [1.807, 2.05) is 0 Å². The average molecular weight is 204 g/mol. The van der Waals surface area contributed by atoms with E-state index in [0.29, 0.717) is 0 Å². The van der Waals surface area contributed by atoms with Crippen molar-refractivity contribution < 1.29 is 13.3 Å². The zero-order chi connectivity index (χ0) is 9.73. The summed E-state index contributed by atoms with van der Waals surface area (Å²) >= 11 is 0. The van der Waals surface area contributed by atoms with Crippen LogP contribution >= 0.6 is 0 Å². The Morgan fingerprint density at radius 2 is 1.62 bits per heavy atom. The second-order valence-electron chi connectivity index (χ2n) is 3.63. The van der Waals surface area contributed by atoms with Crippen LogP contribution in [0.5, 0.6) is 0 Å². The zero-order valence-electron chi connectivity index (χ0n) is 8.84. The molecule has 0 saturated heterocycles. The summed E-state index contributed by atoms with van der Waals surface area (Å²) in [4.78, 5) is 0. The maximum absolute atomic E-state index is 5.35. The highest BCUT2D eigenvalue weighted by Crippen LogP contribution is 2.32. The van der Waals surface area contributed by atoms with Crippen molar-refractivity contribution >= 4 is 8.80 Å². The lowest BCUT2D eigenvalue weighted by Gasteiger charge is -2.30. The summed E-state index contributed by atoms with van der Waals surface area (Å²) in [5.41, 5.74) is 0. The van der Waals surface area contributed by atoms with Crippen LogP contribution < -0.4 is 0 Å². The molecule has 78 valence electrons. The average Bonchev–Trinajstić information content (AvgIpc) is 2.11. The number of hydrogen-bond acceptors (Lipinski definition) is 3. The Labute approximate surface area is 81.7 Å². The van der Waals surface area contributed by atoms with E-state index in [0.717, 1.165) is 12.0 Å². The van der Waals surface area contributed by atoms with Gasteiger partial charge in [-0.05, 0) is 12.3 Å². The van der Waals surface area contributed by atoms with Crippen molar-refractivity contribution in [3.8, 4) is 0 Å². The molecule has 0 aromatic rings. The first kappa shape index (κ1) is 11.2. The topological polar surface area (TPSA) is 27.7 Å². The van der Waals surface area contributed by atoms with Crippen LogP contribution in [0.15, 0.2) is 0 Å². The van der Waals surface area contributed by atoms with Crippen molar-refractivity contribution in [1.82, 2.24) is 0 Å². The Morgan fingerprint density at radius 3 is 1.92 bits per heavy atom. The van der Waals surface area contributed by atoms with Gasteiger partial charge in [0.1, 0.15) is 0 Å². The molecular weight excluding hydrogens is 184 g/mol. The third kappa shape index (κ3) is 2.77. The first-order valence-electron chi connectivity index (χ1n) is 4.92. The SMILES string of the molecule is CO[Si](CCC1CCC1)(OC)OC. The molecule has 0 radical (unpaired) electrons. The molecule has 0 unspecified atom stereocenters. The third-order valence-corrected chi connectivity index (χ3v) is 5.78. The summed E-state index contributed by atoms with van der Waals surface area (Å²) in [6.45, 7) is 0. The molecule has 1 aliphatic carbocycles. The molecule has 3 nitrogen and oxygen atoms in total. The molecule has 13 heavy (non-hydrogen) atoms. The molecule has 0 aromatic carbocycles. The molecule has 0 heterocycles. The van der Waals surface area contributed by atoms with Crippen molar-refractivity contribution in [2.24, 2.45) is 5.92 Å². The normalized spacial score (nSPS) is 18.7. The molecule has 1 aliphatic rings. The Hall–Kier alpha value is 0.0969. The predicted octanol–water partition coefficient (Wildman–Crippen LogP) is 2.05. The van der Waals surface area contributed by atoms with Gasteiger partial charge in [-0.15, -0.1) is 0 Å². The molecule has 0 aliphatic heterocycles. The maximum atomic E-state index is 5.35. The molecule has 0 spiro atoms. The van der Waals surface area contributed by atoms with Crippen LogP contribution in [-0.4, -0.2) is 30.1 Å². The first-order valence-corrected chi connectivity index (χ1v) is 6.85. The van der Waals surface area contributed by atoms with E-state index in [9.17, 15) is 0 Å². The minimum absolute atomic E-state index is 0.896. The molecule has 1 saturated carbocycles. The van der Waals surface area contributed by atoms with E-state index in [2.05, 4.69) is 0 Å². The number of hydrogen-bond donors (Lipinski definition) is 0. The van der Waals surface area contributed by atoms with Crippen molar-refractivity contribution in [2.45, 2.75) is 31.7 Å². The molecule has 0 atom stereocenters. The van der Waals surface area contributed by atoms with Crippen molar-refractivity contribution in [1.29, 1.82) is 0 Å². The van der Waals surface area contributed by atoms with Gasteiger partial charge in [-0.2, -0.15) is 0 Å². The highest BCUT2D eigenvalue weighted by Gasteiger charge is 2.38. The van der Waals surface area contributed by atoms with Crippen molar-refractivity contribution in [3.63, 3.8) is 0 Å². The van der Waals surface area contributed by atoms with E-state index in [-0.39, 0.29) is 0 Å². The van der Waals surface area contributed by atoms with Gasteiger partial charge >= 0.3 is 8.80 Å². The van der Waals surface area contributed by atoms with Crippen molar-refractivity contribution in [2.75, 3.05) is 21.3 Å².